The number of Topliss-reactive ketones (excluding diaryl/α,β-unsaturated/α-hetero) is 1. The van der Waals surface area contributed by atoms with Gasteiger partial charge < -0.3 is 20.7 Å². The zero-order valence-corrected chi connectivity index (χ0v) is 19.0. The van der Waals surface area contributed by atoms with Crippen molar-refractivity contribution in [3.05, 3.63) is 77.9 Å². The van der Waals surface area contributed by atoms with Crippen molar-refractivity contribution in [2.75, 3.05) is 18.6 Å². The summed E-state index contributed by atoms with van der Waals surface area (Å²) in [5.74, 6) is -1.01. The summed E-state index contributed by atoms with van der Waals surface area (Å²) in [7, 11) is 0. The SMILES string of the molecule is C=CCOC(=O)c1cccc(NC(=O)NCNC(=O)c2ccccc2[14C](=O)C2CCCCC2)c1. The molecule has 8 heteroatoms. The molecule has 1 saturated carbocycles. The topological polar surface area (TPSA) is 114 Å². The van der Waals surface area contributed by atoms with Crippen LogP contribution in [0.25, 0.3) is 0 Å². The van der Waals surface area contributed by atoms with Gasteiger partial charge in [0.25, 0.3) is 5.91 Å². The van der Waals surface area contributed by atoms with Gasteiger partial charge in [-0.1, -0.05) is 56.2 Å². The van der Waals surface area contributed by atoms with E-state index in [-0.39, 0.29) is 30.5 Å². The highest BCUT2D eigenvalue weighted by Crippen LogP contribution is 2.28. The highest BCUT2D eigenvalue weighted by atomic mass is 16.5. The van der Waals surface area contributed by atoms with Crippen LogP contribution in [0.15, 0.2) is 61.2 Å². The molecule has 3 rings (SSSR count). The Kier molecular flexibility index (Phi) is 8.96. The first-order valence-corrected chi connectivity index (χ1v) is 11.3. The summed E-state index contributed by atoms with van der Waals surface area (Å²) in [5.41, 5.74) is 1.38. The molecule has 1 aliphatic carbocycles. The van der Waals surface area contributed by atoms with E-state index in [1.165, 1.54) is 12.1 Å². The zero-order valence-electron chi connectivity index (χ0n) is 19.0. The molecule has 0 heterocycles. The van der Waals surface area contributed by atoms with Crippen molar-refractivity contribution >= 4 is 29.4 Å². The maximum absolute atomic E-state index is 12.9. The molecule has 0 unspecified atom stereocenters. The summed E-state index contributed by atoms with van der Waals surface area (Å²) in [6.07, 6.45) is 6.37. The van der Waals surface area contributed by atoms with E-state index < -0.39 is 17.9 Å². The molecular weight excluding hydrogens is 436 g/mol. The van der Waals surface area contributed by atoms with Crippen molar-refractivity contribution in [2.24, 2.45) is 5.92 Å². The molecule has 1 fully saturated rings. The monoisotopic (exact) mass is 465 g/mol. The van der Waals surface area contributed by atoms with Crippen LogP contribution in [0.3, 0.4) is 0 Å². The second kappa shape index (κ2) is 12.3. The number of hydrogen-bond acceptors (Lipinski definition) is 5. The smallest absolute Gasteiger partial charge is 0.338 e. The van der Waals surface area contributed by atoms with Crippen LogP contribution in [-0.4, -0.2) is 37.0 Å². The van der Waals surface area contributed by atoms with Crippen molar-refractivity contribution in [3.63, 3.8) is 0 Å². The molecule has 3 amide bonds. The molecule has 0 aromatic heterocycles. The van der Waals surface area contributed by atoms with E-state index in [0.717, 1.165) is 32.1 Å². The lowest BCUT2D eigenvalue weighted by Crippen LogP contribution is -2.39. The van der Waals surface area contributed by atoms with Crippen LogP contribution in [0.1, 0.15) is 63.2 Å². The normalized spacial score (nSPS) is 13.4. The molecule has 0 spiro atoms. The number of esters is 1. The summed E-state index contributed by atoms with van der Waals surface area (Å²) >= 11 is 0. The van der Waals surface area contributed by atoms with Gasteiger partial charge in [-0.05, 0) is 37.1 Å². The Morgan fingerprint density at radius 1 is 1.03 bits per heavy atom. The van der Waals surface area contributed by atoms with Crippen molar-refractivity contribution < 1.29 is 23.9 Å². The van der Waals surface area contributed by atoms with Crippen LogP contribution < -0.4 is 16.0 Å². The van der Waals surface area contributed by atoms with Crippen LogP contribution in [0, 0.1) is 5.92 Å². The fourth-order valence-corrected chi connectivity index (χ4v) is 3.90. The lowest BCUT2D eigenvalue weighted by Gasteiger charge is -2.21. The van der Waals surface area contributed by atoms with Gasteiger partial charge in [0.05, 0.1) is 17.8 Å². The van der Waals surface area contributed by atoms with Crippen LogP contribution in [0.5, 0.6) is 0 Å². The number of benzene rings is 2. The van der Waals surface area contributed by atoms with Crippen LogP contribution in [0.4, 0.5) is 10.5 Å². The maximum Gasteiger partial charge on any atom is 0.338 e. The largest absolute Gasteiger partial charge is 0.458 e. The van der Waals surface area contributed by atoms with E-state index in [1.807, 2.05) is 0 Å². The number of ketones is 1. The highest BCUT2D eigenvalue weighted by Gasteiger charge is 2.25. The number of ether oxygens (including phenoxy) is 1. The molecule has 3 N–H and O–H groups in total. The molecule has 2 aromatic rings. The van der Waals surface area contributed by atoms with Gasteiger partial charge in [0, 0.05) is 17.2 Å². The van der Waals surface area contributed by atoms with E-state index in [0.29, 0.717) is 16.8 Å². The van der Waals surface area contributed by atoms with Crippen molar-refractivity contribution in [3.8, 4) is 0 Å². The van der Waals surface area contributed by atoms with Crippen LogP contribution in [-0.2, 0) is 4.74 Å². The van der Waals surface area contributed by atoms with Gasteiger partial charge in [0.2, 0.25) is 0 Å². The molecule has 34 heavy (non-hydrogen) atoms. The number of rotatable bonds is 9. The third kappa shape index (κ3) is 6.78. The molecule has 0 bridgehead atoms. The Hall–Kier alpha value is -3.94. The predicted molar refractivity (Wildman–Crippen MR) is 129 cm³/mol. The number of hydrogen-bond donors (Lipinski definition) is 3. The highest BCUT2D eigenvalue weighted by molar-refractivity contribution is 6.09. The van der Waals surface area contributed by atoms with E-state index >= 15 is 0 Å². The van der Waals surface area contributed by atoms with Crippen molar-refractivity contribution in [1.29, 1.82) is 0 Å². The van der Waals surface area contributed by atoms with Gasteiger partial charge in [-0.15, -0.1) is 0 Å². The Bertz CT molecular complexity index is 1060. The van der Waals surface area contributed by atoms with Gasteiger partial charge in [-0.3, -0.25) is 9.59 Å². The first-order chi connectivity index (χ1) is 16.5. The Balaban J connectivity index is 1.53. The maximum atomic E-state index is 12.9. The summed E-state index contributed by atoms with van der Waals surface area (Å²) in [5, 5.41) is 7.75. The lowest BCUT2D eigenvalue weighted by atomic mass is 9.95. The number of carbonyl (C=O) groups excluding carboxylic acids is 4. The van der Waals surface area contributed by atoms with E-state index in [1.54, 1.807) is 42.5 Å². The summed E-state index contributed by atoms with van der Waals surface area (Å²) in [6.45, 7) is 3.44. The number of carbonyl (C=O) groups is 4. The first kappa shape index (κ1) is 24.7. The average Bonchev–Trinajstić information content (AvgIpc) is 2.87. The predicted octanol–water partition coefficient (Wildman–Crippen LogP) is 4.30. The summed E-state index contributed by atoms with van der Waals surface area (Å²) < 4.78 is 4.98. The number of urea groups is 1. The lowest BCUT2D eigenvalue weighted by molar-refractivity contribution is 0.0549. The average molecular weight is 466 g/mol. The van der Waals surface area contributed by atoms with Crippen LogP contribution in [0.2, 0.25) is 0 Å². The minimum atomic E-state index is -0.566. The van der Waals surface area contributed by atoms with Crippen molar-refractivity contribution in [2.45, 2.75) is 32.1 Å². The van der Waals surface area contributed by atoms with Crippen LogP contribution >= 0.6 is 0 Å². The van der Waals surface area contributed by atoms with Gasteiger partial charge in [-0.2, -0.15) is 0 Å². The minimum Gasteiger partial charge on any atom is -0.458 e. The summed E-state index contributed by atoms with van der Waals surface area (Å²) in [6, 6.07) is 12.5. The Morgan fingerprint density at radius 3 is 2.56 bits per heavy atom. The molecule has 0 atom stereocenters. The number of anilines is 1. The minimum absolute atomic E-state index is 0.00245. The second-order valence-electron chi connectivity index (χ2n) is 8.03. The molecule has 0 radical (unpaired) electrons. The van der Waals surface area contributed by atoms with Gasteiger partial charge in [0.15, 0.2) is 5.78 Å². The number of nitrogens with one attached hydrogen (secondary N) is 3. The Labute approximate surface area is 198 Å². The van der Waals surface area contributed by atoms with Gasteiger partial charge >= 0.3 is 12.0 Å². The van der Waals surface area contributed by atoms with Gasteiger partial charge in [0.1, 0.15) is 6.61 Å². The number of amides is 3. The summed E-state index contributed by atoms with van der Waals surface area (Å²) in [4.78, 5) is 49.8. The van der Waals surface area contributed by atoms with E-state index in [2.05, 4.69) is 22.5 Å². The van der Waals surface area contributed by atoms with E-state index in [4.69, 9.17) is 4.74 Å². The molecular formula is C26H29N3O5. The molecule has 8 nitrogen and oxygen atoms in total. The molecule has 0 saturated heterocycles. The third-order valence-corrected chi connectivity index (χ3v) is 5.60. The quantitative estimate of drug-likeness (QED) is 0.221. The fraction of sp³-hybridized carbons (Fsp3) is 0.308. The fourth-order valence-electron chi connectivity index (χ4n) is 3.90. The van der Waals surface area contributed by atoms with Crippen molar-refractivity contribution in [1.82, 2.24) is 10.6 Å². The zero-order chi connectivity index (χ0) is 24.3. The first-order valence-electron chi connectivity index (χ1n) is 11.3. The Morgan fingerprint density at radius 2 is 1.79 bits per heavy atom. The second-order valence-corrected chi connectivity index (χ2v) is 8.03. The molecule has 1 aliphatic rings. The molecule has 0 aliphatic heterocycles. The van der Waals surface area contributed by atoms with E-state index in [9.17, 15) is 19.2 Å². The molecule has 2 aromatic carbocycles. The van der Waals surface area contributed by atoms with Gasteiger partial charge in [-0.25, -0.2) is 9.59 Å². The third-order valence-electron chi connectivity index (χ3n) is 5.60. The standard InChI is InChI=1S/C26H29N3O5/c1-2-15-34-25(32)19-11-8-12-20(16-19)29-26(33)28-17-27-24(31)22-14-7-6-13-21(22)23(30)18-9-4-3-5-10-18/h2,6-8,11-14,16,18H,1,3-5,9-10,15,17H2,(H,27,31)(H2,28,29,33)/i23+2. The molecule has 178 valence electrons.